The second kappa shape index (κ2) is 3.98. The molecule has 5 heteroatoms. The third-order valence-corrected chi connectivity index (χ3v) is 4.20. The molecule has 0 aromatic carbocycles. The van der Waals surface area contributed by atoms with Gasteiger partial charge in [0.25, 0.3) is 0 Å². The summed E-state index contributed by atoms with van der Waals surface area (Å²) >= 11 is 0. The van der Waals surface area contributed by atoms with Crippen LogP contribution in [0.4, 0.5) is 0 Å². The summed E-state index contributed by atoms with van der Waals surface area (Å²) < 4.78 is 0. The first-order valence-electron chi connectivity index (χ1n) is 6.19. The molecule has 1 aliphatic carbocycles. The maximum atomic E-state index is 12.3. The van der Waals surface area contributed by atoms with Gasteiger partial charge in [0.1, 0.15) is 0 Å². The average Bonchev–Trinajstić information content (AvgIpc) is 2.86. The SMILES string of the molecule is CC1(C(=O)O)CCN(C(=O)C2(N)CCCC2)C1. The van der Waals surface area contributed by atoms with Gasteiger partial charge in [0, 0.05) is 13.1 Å². The van der Waals surface area contributed by atoms with E-state index in [9.17, 15) is 9.59 Å². The number of hydrogen-bond acceptors (Lipinski definition) is 3. The van der Waals surface area contributed by atoms with Crippen molar-refractivity contribution in [3.8, 4) is 0 Å². The predicted octanol–water partition coefficient (Wildman–Crippen LogP) is 0.581. The molecule has 5 nitrogen and oxygen atoms in total. The van der Waals surface area contributed by atoms with Gasteiger partial charge >= 0.3 is 5.97 Å². The zero-order valence-electron chi connectivity index (χ0n) is 10.2. The van der Waals surface area contributed by atoms with Crippen molar-refractivity contribution in [2.45, 2.75) is 44.6 Å². The fraction of sp³-hybridized carbons (Fsp3) is 0.833. The Kier molecular flexibility index (Phi) is 2.89. The minimum absolute atomic E-state index is 0.0556. The van der Waals surface area contributed by atoms with Crippen molar-refractivity contribution in [2.24, 2.45) is 11.1 Å². The zero-order chi connectivity index (χ0) is 12.7. The molecule has 0 aromatic heterocycles. The quantitative estimate of drug-likeness (QED) is 0.739. The van der Waals surface area contributed by atoms with Crippen LogP contribution < -0.4 is 5.73 Å². The lowest BCUT2D eigenvalue weighted by molar-refractivity contribution is -0.147. The molecule has 1 amide bonds. The van der Waals surface area contributed by atoms with Crippen LogP contribution in [0.2, 0.25) is 0 Å². The molecule has 2 fully saturated rings. The van der Waals surface area contributed by atoms with Crippen molar-refractivity contribution < 1.29 is 14.7 Å². The van der Waals surface area contributed by atoms with Gasteiger partial charge in [-0.05, 0) is 26.2 Å². The van der Waals surface area contributed by atoms with Gasteiger partial charge in [-0.1, -0.05) is 12.8 Å². The second-order valence-electron chi connectivity index (χ2n) is 5.71. The number of carboxylic acid groups (broad SMARTS) is 1. The monoisotopic (exact) mass is 240 g/mol. The molecule has 1 atom stereocenters. The van der Waals surface area contributed by atoms with Crippen LogP contribution in [0.15, 0.2) is 0 Å². The molecule has 0 bridgehead atoms. The topological polar surface area (TPSA) is 83.6 Å². The van der Waals surface area contributed by atoms with Crippen molar-refractivity contribution in [3.05, 3.63) is 0 Å². The highest BCUT2D eigenvalue weighted by Crippen LogP contribution is 2.35. The van der Waals surface area contributed by atoms with Crippen LogP contribution >= 0.6 is 0 Å². The number of aliphatic carboxylic acids is 1. The molecule has 1 heterocycles. The first kappa shape index (κ1) is 12.4. The van der Waals surface area contributed by atoms with E-state index in [1.165, 1.54) is 0 Å². The molecule has 17 heavy (non-hydrogen) atoms. The fourth-order valence-corrected chi connectivity index (χ4v) is 2.84. The van der Waals surface area contributed by atoms with Crippen molar-refractivity contribution in [3.63, 3.8) is 0 Å². The van der Waals surface area contributed by atoms with E-state index in [-0.39, 0.29) is 5.91 Å². The van der Waals surface area contributed by atoms with Crippen LogP contribution in [0, 0.1) is 5.41 Å². The molecule has 96 valence electrons. The first-order valence-corrected chi connectivity index (χ1v) is 6.19. The van der Waals surface area contributed by atoms with Crippen LogP contribution in [0.3, 0.4) is 0 Å². The van der Waals surface area contributed by atoms with Gasteiger partial charge in [0.15, 0.2) is 0 Å². The van der Waals surface area contributed by atoms with Crippen molar-refractivity contribution in [1.29, 1.82) is 0 Å². The summed E-state index contributed by atoms with van der Waals surface area (Å²) in [5.74, 6) is -0.884. The summed E-state index contributed by atoms with van der Waals surface area (Å²) in [4.78, 5) is 25.0. The number of rotatable bonds is 2. The third kappa shape index (κ3) is 2.04. The van der Waals surface area contributed by atoms with Crippen LogP contribution in [0.25, 0.3) is 0 Å². The molecular weight excluding hydrogens is 220 g/mol. The van der Waals surface area contributed by atoms with Crippen molar-refractivity contribution in [1.82, 2.24) is 4.90 Å². The standard InChI is InChI=1S/C12H20N2O3/c1-11(10(16)17)6-7-14(8-11)9(15)12(13)4-2-3-5-12/h2-8,13H2,1H3,(H,16,17). The van der Waals surface area contributed by atoms with E-state index >= 15 is 0 Å². The van der Waals surface area contributed by atoms with E-state index in [1.807, 2.05) is 0 Å². The maximum absolute atomic E-state index is 12.3. The summed E-state index contributed by atoms with van der Waals surface area (Å²) in [5, 5.41) is 9.13. The lowest BCUT2D eigenvalue weighted by Crippen LogP contribution is -2.53. The van der Waals surface area contributed by atoms with Gasteiger partial charge < -0.3 is 15.7 Å². The Hall–Kier alpha value is -1.10. The minimum atomic E-state index is -0.828. The molecular formula is C12H20N2O3. The lowest BCUT2D eigenvalue weighted by atomic mass is 9.90. The first-order chi connectivity index (χ1) is 7.87. The van der Waals surface area contributed by atoms with E-state index in [4.69, 9.17) is 10.8 Å². The molecule has 1 saturated heterocycles. The Bertz CT molecular complexity index is 350. The second-order valence-corrected chi connectivity index (χ2v) is 5.71. The summed E-state index contributed by atoms with van der Waals surface area (Å²) in [6.45, 7) is 2.50. The highest BCUT2D eigenvalue weighted by atomic mass is 16.4. The molecule has 0 aromatic rings. The number of carbonyl (C=O) groups is 2. The fourth-order valence-electron chi connectivity index (χ4n) is 2.84. The maximum Gasteiger partial charge on any atom is 0.311 e. The Balaban J connectivity index is 2.06. The van der Waals surface area contributed by atoms with Crippen LogP contribution in [-0.2, 0) is 9.59 Å². The largest absolute Gasteiger partial charge is 0.481 e. The molecule has 2 rings (SSSR count). The lowest BCUT2D eigenvalue weighted by Gasteiger charge is -2.29. The molecule has 1 unspecified atom stereocenters. The number of amides is 1. The number of hydrogen-bond donors (Lipinski definition) is 2. The molecule has 2 aliphatic rings. The van der Waals surface area contributed by atoms with E-state index in [2.05, 4.69) is 0 Å². The van der Waals surface area contributed by atoms with Gasteiger partial charge in [-0.15, -0.1) is 0 Å². The Morgan fingerprint density at radius 3 is 2.29 bits per heavy atom. The number of nitrogens with two attached hydrogens (primary N) is 1. The Morgan fingerprint density at radius 2 is 1.82 bits per heavy atom. The average molecular weight is 240 g/mol. The summed E-state index contributed by atoms with van der Waals surface area (Å²) in [5.41, 5.74) is 4.58. The zero-order valence-corrected chi connectivity index (χ0v) is 10.2. The highest BCUT2D eigenvalue weighted by Gasteiger charge is 2.47. The smallest absolute Gasteiger partial charge is 0.311 e. The molecule has 1 saturated carbocycles. The van der Waals surface area contributed by atoms with E-state index in [1.54, 1.807) is 11.8 Å². The molecule has 1 aliphatic heterocycles. The minimum Gasteiger partial charge on any atom is -0.481 e. The summed E-state index contributed by atoms with van der Waals surface area (Å²) in [6, 6.07) is 0. The van der Waals surface area contributed by atoms with Gasteiger partial charge in [-0.25, -0.2) is 0 Å². The van der Waals surface area contributed by atoms with Crippen molar-refractivity contribution >= 4 is 11.9 Å². The number of nitrogens with zero attached hydrogens (tertiary/aromatic N) is 1. The number of likely N-dealkylation sites (tertiary alicyclic amines) is 1. The molecule has 3 N–H and O–H groups in total. The normalized spacial score (nSPS) is 31.8. The molecule has 0 radical (unpaired) electrons. The van der Waals surface area contributed by atoms with Gasteiger partial charge in [0.05, 0.1) is 11.0 Å². The van der Waals surface area contributed by atoms with Crippen molar-refractivity contribution in [2.75, 3.05) is 13.1 Å². The van der Waals surface area contributed by atoms with Crippen LogP contribution in [-0.4, -0.2) is 40.5 Å². The third-order valence-electron chi connectivity index (χ3n) is 4.20. The Labute approximate surface area is 101 Å². The van der Waals surface area contributed by atoms with E-state index in [0.29, 0.717) is 19.5 Å². The van der Waals surface area contributed by atoms with E-state index in [0.717, 1.165) is 25.7 Å². The van der Waals surface area contributed by atoms with Crippen LogP contribution in [0.5, 0.6) is 0 Å². The van der Waals surface area contributed by atoms with Gasteiger partial charge in [-0.3, -0.25) is 9.59 Å². The van der Waals surface area contributed by atoms with E-state index < -0.39 is 16.9 Å². The predicted molar refractivity (Wildman–Crippen MR) is 62.3 cm³/mol. The summed E-state index contributed by atoms with van der Waals surface area (Å²) in [7, 11) is 0. The summed E-state index contributed by atoms with van der Waals surface area (Å²) in [6.07, 6.45) is 3.96. The van der Waals surface area contributed by atoms with Gasteiger partial charge in [0.2, 0.25) is 5.91 Å². The van der Waals surface area contributed by atoms with Gasteiger partial charge in [-0.2, -0.15) is 0 Å². The Morgan fingerprint density at radius 1 is 1.24 bits per heavy atom. The highest BCUT2D eigenvalue weighted by molar-refractivity contribution is 5.88. The number of carboxylic acids is 1. The molecule has 0 spiro atoms. The van der Waals surface area contributed by atoms with Crippen LogP contribution in [0.1, 0.15) is 39.0 Å². The number of carbonyl (C=O) groups excluding carboxylic acids is 1.